The standard InChI is InChI=1S/C36H31IN4/c1-23-16-25-17-30(37)21-36(19-23,20-25)32-9-5-8-28-18-29(14-15-31(28)32)35-40-33(26-6-3-2-4-7-26)39-34(41-35)27-12-10-24(22-38)11-13-27/h2-15,18,23,25,30H,16-17,19-21H2,1H3/t23-,25-,30+,36?/m0/s1. The minimum Gasteiger partial charge on any atom is -0.208 e. The molecule has 202 valence electrons. The van der Waals surface area contributed by atoms with Gasteiger partial charge in [-0.2, -0.15) is 5.26 Å². The highest BCUT2D eigenvalue weighted by Crippen LogP contribution is 2.55. The summed E-state index contributed by atoms with van der Waals surface area (Å²) in [4.78, 5) is 14.7. The molecule has 7 rings (SSSR count). The van der Waals surface area contributed by atoms with Crippen molar-refractivity contribution in [1.82, 2.24) is 15.0 Å². The van der Waals surface area contributed by atoms with Gasteiger partial charge in [-0.05, 0) is 96.0 Å². The first-order valence-electron chi connectivity index (χ1n) is 14.5. The molecule has 4 nitrogen and oxygen atoms in total. The number of alkyl halides is 1. The number of hydrogen-bond acceptors (Lipinski definition) is 4. The molecule has 0 N–H and O–H groups in total. The average molecular weight is 647 g/mol. The maximum Gasteiger partial charge on any atom is 0.164 e. The van der Waals surface area contributed by atoms with Crippen molar-refractivity contribution in [2.75, 3.05) is 0 Å². The Hall–Kier alpha value is -3.63. The van der Waals surface area contributed by atoms with Crippen LogP contribution in [0.25, 0.3) is 44.9 Å². The van der Waals surface area contributed by atoms with E-state index in [4.69, 9.17) is 15.0 Å². The van der Waals surface area contributed by atoms with Gasteiger partial charge in [-0.15, -0.1) is 0 Å². The van der Waals surface area contributed by atoms with E-state index in [1.807, 2.05) is 42.5 Å². The summed E-state index contributed by atoms with van der Waals surface area (Å²) in [6, 6.07) is 33.2. The Kier molecular flexibility index (Phi) is 6.83. The summed E-state index contributed by atoms with van der Waals surface area (Å²) in [6.45, 7) is 2.45. The van der Waals surface area contributed by atoms with Crippen molar-refractivity contribution in [3.8, 4) is 40.2 Å². The smallest absolute Gasteiger partial charge is 0.164 e. The molecule has 2 aliphatic carbocycles. The molecule has 41 heavy (non-hydrogen) atoms. The van der Waals surface area contributed by atoms with Crippen LogP contribution >= 0.6 is 22.6 Å². The Balaban J connectivity index is 1.34. The average Bonchev–Trinajstić information content (AvgIpc) is 3.00. The number of rotatable bonds is 4. The van der Waals surface area contributed by atoms with Crippen molar-refractivity contribution in [2.45, 2.75) is 48.4 Å². The molecule has 4 atom stereocenters. The van der Waals surface area contributed by atoms with Crippen molar-refractivity contribution in [3.63, 3.8) is 0 Å². The molecule has 0 radical (unpaired) electrons. The van der Waals surface area contributed by atoms with Crippen LogP contribution in [0.1, 0.15) is 50.2 Å². The number of benzene rings is 4. The van der Waals surface area contributed by atoms with Gasteiger partial charge in [0.1, 0.15) is 0 Å². The molecule has 1 unspecified atom stereocenters. The molecular formula is C36H31IN4. The van der Waals surface area contributed by atoms with Crippen molar-refractivity contribution in [3.05, 3.63) is 102 Å². The van der Waals surface area contributed by atoms with Gasteiger partial charge in [0, 0.05) is 20.6 Å². The second kappa shape index (κ2) is 10.6. The predicted octanol–water partition coefficient (Wildman–Crippen LogP) is 9.17. The first-order chi connectivity index (χ1) is 20.0. The Morgan fingerprint density at radius 1 is 0.732 bits per heavy atom. The highest BCUT2D eigenvalue weighted by atomic mass is 127. The summed E-state index contributed by atoms with van der Waals surface area (Å²) in [5.41, 5.74) is 5.19. The quantitative estimate of drug-likeness (QED) is 0.144. The molecule has 0 amide bonds. The lowest BCUT2D eigenvalue weighted by Gasteiger charge is -2.50. The van der Waals surface area contributed by atoms with Gasteiger partial charge in [0.2, 0.25) is 0 Å². The van der Waals surface area contributed by atoms with Crippen LogP contribution < -0.4 is 0 Å². The van der Waals surface area contributed by atoms with Crippen LogP contribution in [0.2, 0.25) is 0 Å². The van der Waals surface area contributed by atoms with Crippen LogP contribution in [0.5, 0.6) is 0 Å². The van der Waals surface area contributed by atoms with E-state index in [9.17, 15) is 5.26 Å². The molecule has 2 aliphatic rings. The summed E-state index contributed by atoms with van der Waals surface area (Å²) < 4.78 is 0.746. The van der Waals surface area contributed by atoms with Gasteiger partial charge in [0.15, 0.2) is 17.5 Å². The van der Waals surface area contributed by atoms with Crippen LogP contribution in [0, 0.1) is 23.2 Å². The molecule has 5 aromatic rings. The van der Waals surface area contributed by atoms with Crippen LogP contribution in [0.15, 0.2) is 91.0 Å². The van der Waals surface area contributed by atoms with Gasteiger partial charge < -0.3 is 0 Å². The fraction of sp³-hybridized carbons (Fsp3) is 0.278. The molecule has 0 saturated heterocycles. The molecule has 4 aromatic carbocycles. The van der Waals surface area contributed by atoms with Gasteiger partial charge in [0.05, 0.1) is 11.6 Å². The maximum atomic E-state index is 9.26. The van der Waals surface area contributed by atoms with E-state index in [1.165, 1.54) is 48.4 Å². The third-order valence-electron chi connectivity index (χ3n) is 9.01. The molecule has 1 aromatic heterocycles. The van der Waals surface area contributed by atoms with E-state index in [0.29, 0.717) is 23.0 Å². The van der Waals surface area contributed by atoms with E-state index < -0.39 is 0 Å². The number of aromatic nitrogens is 3. The summed E-state index contributed by atoms with van der Waals surface area (Å²) >= 11 is 2.71. The molecular weight excluding hydrogens is 615 g/mol. The van der Waals surface area contributed by atoms with Crippen LogP contribution in [0.3, 0.4) is 0 Å². The first-order valence-corrected chi connectivity index (χ1v) is 15.7. The van der Waals surface area contributed by atoms with E-state index in [0.717, 1.165) is 32.5 Å². The minimum absolute atomic E-state index is 0.268. The van der Waals surface area contributed by atoms with Crippen molar-refractivity contribution in [2.24, 2.45) is 11.8 Å². The normalized spacial score (nSPS) is 23.7. The zero-order valence-electron chi connectivity index (χ0n) is 23.1. The SMILES string of the molecule is C[C@H]1C[C@H]2C[C@@H](I)CC(c3cccc4cc(-c5nc(-c6ccccc6)nc(-c6ccc(C#N)cc6)n5)ccc34)(C1)C2. The first kappa shape index (κ1) is 26.3. The molecule has 0 aliphatic heterocycles. The van der Waals surface area contributed by atoms with Gasteiger partial charge in [0.25, 0.3) is 0 Å². The number of fused-ring (bicyclic) bond motifs is 3. The Morgan fingerprint density at radius 2 is 1.41 bits per heavy atom. The topological polar surface area (TPSA) is 62.5 Å². The Morgan fingerprint density at radius 3 is 2.15 bits per heavy atom. The molecule has 2 saturated carbocycles. The second-order valence-corrected chi connectivity index (χ2v) is 13.8. The fourth-order valence-corrected chi connectivity index (χ4v) is 9.08. The minimum atomic E-state index is 0.268. The van der Waals surface area contributed by atoms with Crippen LogP contribution in [-0.2, 0) is 5.41 Å². The van der Waals surface area contributed by atoms with E-state index >= 15 is 0 Å². The highest BCUT2D eigenvalue weighted by Gasteiger charge is 2.46. The van der Waals surface area contributed by atoms with Gasteiger partial charge in [-0.3, -0.25) is 0 Å². The Bertz CT molecular complexity index is 1750. The van der Waals surface area contributed by atoms with E-state index in [1.54, 1.807) is 12.1 Å². The van der Waals surface area contributed by atoms with E-state index in [2.05, 4.69) is 72.0 Å². The number of nitrogens with zero attached hydrogens (tertiary/aromatic N) is 4. The lowest BCUT2D eigenvalue weighted by Crippen LogP contribution is -2.43. The number of halogens is 1. The fourth-order valence-electron chi connectivity index (χ4n) is 7.51. The van der Waals surface area contributed by atoms with Gasteiger partial charge >= 0.3 is 0 Å². The number of nitriles is 1. The predicted molar refractivity (Wildman–Crippen MR) is 174 cm³/mol. The largest absolute Gasteiger partial charge is 0.208 e. The van der Waals surface area contributed by atoms with Crippen LogP contribution in [-0.4, -0.2) is 18.9 Å². The third-order valence-corrected chi connectivity index (χ3v) is 9.95. The zero-order valence-corrected chi connectivity index (χ0v) is 25.3. The Labute approximate surface area is 255 Å². The summed E-state index contributed by atoms with van der Waals surface area (Å²) in [5.74, 6) is 3.50. The van der Waals surface area contributed by atoms with Crippen molar-refractivity contribution < 1.29 is 0 Å². The summed E-state index contributed by atoms with van der Waals surface area (Å²) in [5, 5.41) is 11.9. The van der Waals surface area contributed by atoms with Crippen LogP contribution in [0.4, 0.5) is 0 Å². The monoisotopic (exact) mass is 646 g/mol. The number of hydrogen-bond donors (Lipinski definition) is 0. The van der Waals surface area contributed by atoms with Crippen molar-refractivity contribution in [1.29, 1.82) is 5.26 Å². The molecule has 0 spiro atoms. The third kappa shape index (κ3) is 5.04. The molecule has 5 heteroatoms. The van der Waals surface area contributed by atoms with Crippen molar-refractivity contribution >= 4 is 33.4 Å². The molecule has 2 fully saturated rings. The molecule has 1 heterocycles. The maximum absolute atomic E-state index is 9.26. The molecule has 2 bridgehead atoms. The second-order valence-electron chi connectivity index (χ2n) is 12.0. The zero-order chi connectivity index (χ0) is 28.0. The van der Waals surface area contributed by atoms with E-state index in [-0.39, 0.29) is 5.41 Å². The van der Waals surface area contributed by atoms with Gasteiger partial charge in [-0.25, -0.2) is 15.0 Å². The summed E-state index contributed by atoms with van der Waals surface area (Å²) in [6.07, 6.45) is 6.62. The van der Waals surface area contributed by atoms with Gasteiger partial charge in [-0.1, -0.05) is 90.2 Å². The summed E-state index contributed by atoms with van der Waals surface area (Å²) in [7, 11) is 0. The lowest BCUT2D eigenvalue weighted by molar-refractivity contribution is 0.118. The lowest BCUT2D eigenvalue weighted by atomic mass is 9.56. The highest BCUT2D eigenvalue weighted by molar-refractivity contribution is 14.1.